The average molecular weight is 378 g/mol. The monoisotopic (exact) mass is 378 g/mol. The maximum absolute atomic E-state index is 12.7. The summed E-state index contributed by atoms with van der Waals surface area (Å²) in [5.41, 5.74) is 8.37. The molecule has 0 fully saturated rings. The summed E-state index contributed by atoms with van der Waals surface area (Å²) >= 11 is 0. The molecule has 0 aliphatic rings. The first-order valence-electron chi connectivity index (χ1n) is 8.28. The van der Waals surface area contributed by atoms with Crippen LogP contribution in [0.15, 0.2) is 67.1 Å². The summed E-state index contributed by atoms with van der Waals surface area (Å²) < 4.78 is 40.0. The van der Waals surface area contributed by atoms with Crippen LogP contribution in [0.4, 0.5) is 19.0 Å². The summed E-state index contributed by atoms with van der Waals surface area (Å²) in [6, 6.07) is 12.1. The topological polar surface area (TPSA) is 56.2 Å². The standard InChI is InChI=1S/C21H13F3N4/c22-21(23,24)17-6-3-15(4-7-17)16-5-10-20-27-12-18(28(20)13-16)8-1-14-2-9-19(25)26-11-14/h2-7,9-13H,(H2,25,26). The van der Waals surface area contributed by atoms with E-state index in [2.05, 4.69) is 21.8 Å². The summed E-state index contributed by atoms with van der Waals surface area (Å²) in [6.07, 6.45) is 0.672. The van der Waals surface area contributed by atoms with E-state index in [1.165, 1.54) is 12.1 Å². The van der Waals surface area contributed by atoms with Crippen molar-refractivity contribution in [2.45, 2.75) is 6.18 Å². The number of nitrogens with two attached hydrogens (primary N) is 1. The molecule has 0 spiro atoms. The highest BCUT2D eigenvalue weighted by Crippen LogP contribution is 2.31. The third-order valence-corrected chi connectivity index (χ3v) is 4.17. The fourth-order valence-electron chi connectivity index (χ4n) is 2.71. The van der Waals surface area contributed by atoms with Gasteiger partial charge in [-0.3, -0.25) is 4.40 Å². The molecule has 4 nitrogen and oxygen atoms in total. The van der Waals surface area contributed by atoms with Crippen molar-refractivity contribution in [2.75, 3.05) is 5.73 Å². The molecule has 0 saturated heterocycles. The summed E-state index contributed by atoms with van der Waals surface area (Å²) in [5, 5.41) is 0. The van der Waals surface area contributed by atoms with Gasteiger partial charge in [0.2, 0.25) is 0 Å². The average Bonchev–Trinajstić information content (AvgIpc) is 3.09. The lowest BCUT2D eigenvalue weighted by Crippen LogP contribution is -2.04. The van der Waals surface area contributed by atoms with Crippen molar-refractivity contribution in [3.05, 3.63) is 83.9 Å². The number of aromatic nitrogens is 3. The molecule has 0 aliphatic heterocycles. The van der Waals surface area contributed by atoms with E-state index < -0.39 is 11.7 Å². The second kappa shape index (κ2) is 6.74. The SMILES string of the molecule is Nc1ccc(C#Cc2cnc3ccc(-c4ccc(C(F)(F)F)cc4)cn23)cn1. The lowest BCUT2D eigenvalue weighted by molar-refractivity contribution is -0.137. The molecule has 0 bridgehead atoms. The molecule has 1 aromatic carbocycles. The van der Waals surface area contributed by atoms with Crippen LogP contribution in [0, 0.1) is 11.8 Å². The van der Waals surface area contributed by atoms with Gasteiger partial charge in [0.1, 0.15) is 17.2 Å². The third-order valence-electron chi connectivity index (χ3n) is 4.17. The van der Waals surface area contributed by atoms with Gasteiger partial charge in [-0.25, -0.2) is 9.97 Å². The van der Waals surface area contributed by atoms with Crippen molar-refractivity contribution in [3.8, 4) is 23.0 Å². The smallest absolute Gasteiger partial charge is 0.384 e. The Kier molecular flexibility index (Phi) is 4.24. The minimum absolute atomic E-state index is 0.418. The number of pyridine rings is 2. The van der Waals surface area contributed by atoms with E-state index in [-0.39, 0.29) is 0 Å². The van der Waals surface area contributed by atoms with Gasteiger partial charge in [-0.15, -0.1) is 0 Å². The van der Waals surface area contributed by atoms with Gasteiger partial charge in [-0.1, -0.05) is 18.1 Å². The molecule has 3 heterocycles. The molecule has 0 saturated carbocycles. The summed E-state index contributed by atoms with van der Waals surface area (Å²) in [7, 11) is 0. The summed E-state index contributed by atoms with van der Waals surface area (Å²) in [6.45, 7) is 0. The Labute approximate surface area is 158 Å². The molecule has 3 aromatic heterocycles. The second-order valence-corrected chi connectivity index (χ2v) is 6.09. The fourth-order valence-corrected chi connectivity index (χ4v) is 2.71. The van der Waals surface area contributed by atoms with Crippen LogP contribution in [-0.2, 0) is 6.18 Å². The van der Waals surface area contributed by atoms with Crippen LogP contribution in [0.1, 0.15) is 16.8 Å². The molecule has 0 aliphatic carbocycles. The van der Waals surface area contributed by atoms with Crippen LogP contribution >= 0.6 is 0 Å². The Hall–Kier alpha value is -3.79. The van der Waals surface area contributed by atoms with Crippen molar-refractivity contribution in [1.29, 1.82) is 0 Å². The zero-order valence-electron chi connectivity index (χ0n) is 14.4. The molecule has 138 valence electrons. The molecule has 7 heteroatoms. The lowest BCUT2D eigenvalue weighted by Gasteiger charge is -2.08. The van der Waals surface area contributed by atoms with Gasteiger partial charge in [0, 0.05) is 18.0 Å². The molecule has 28 heavy (non-hydrogen) atoms. The quantitative estimate of drug-likeness (QED) is 0.500. The Bertz CT molecular complexity index is 1200. The number of hydrogen-bond donors (Lipinski definition) is 1. The number of alkyl halides is 3. The number of imidazole rings is 1. The van der Waals surface area contributed by atoms with Gasteiger partial charge < -0.3 is 5.73 Å². The van der Waals surface area contributed by atoms with Crippen molar-refractivity contribution in [2.24, 2.45) is 0 Å². The molecule has 0 radical (unpaired) electrons. The molecule has 4 rings (SSSR count). The largest absolute Gasteiger partial charge is 0.416 e. The molecule has 0 atom stereocenters. The molecular weight excluding hydrogens is 365 g/mol. The summed E-state index contributed by atoms with van der Waals surface area (Å²) in [5.74, 6) is 6.45. The fraction of sp³-hybridized carbons (Fsp3) is 0.0476. The lowest BCUT2D eigenvalue weighted by atomic mass is 10.1. The van der Waals surface area contributed by atoms with E-state index in [4.69, 9.17) is 5.73 Å². The van der Waals surface area contributed by atoms with Gasteiger partial charge in [0.15, 0.2) is 0 Å². The minimum Gasteiger partial charge on any atom is -0.384 e. The van der Waals surface area contributed by atoms with Crippen LogP contribution in [0.5, 0.6) is 0 Å². The van der Waals surface area contributed by atoms with E-state index >= 15 is 0 Å². The molecule has 4 aromatic rings. The maximum Gasteiger partial charge on any atom is 0.416 e. The van der Waals surface area contributed by atoms with Crippen molar-refractivity contribution in [3.63, 3.8) is 0 Å². The second-order valence-electron chi connectivity index (χ2n) is 6.09. The number of fused-ring (bicyclic) bond motifs is 1. The number of halogens is 3. The van der Waals surface area contributed by atoms with E-state index in [0.717, 1.165) is 17.7 Å². The van der Waals surface area contributed by atoms with E-state index in [1.807, 2.05) is 6.07 Å². The van der Waals surface area contributed by atoms with E-state index in [9.17, 15) is 13.2 Å². The number of anilines is 1. The van der Waals surface area contributed by atoms with Gasteiger partial charge in [0.25, 0.3) is 0 Å². The molecule has 0 unspecified atom stereocenters. The highest BCUT2D eigenvalue weighted by molar-refractivity contribution is 5.65. The number of benzene rings is 1. The highest BCUT2D eigenvalue weighted by atomic mass is 19.4. The first-order valence-corrected chi connectivity index (χ1v) is 8.28. The van der Waals surface area contributed by atoms with Crippen LogP contribution in [0.2, 0.25) is 0 Å². The Morgan fingerprint density at radius 2 is 1.57 bits per heavy atom. The highest BCUT2D eigenvalue weighted by Gasteiger charge is 2.29. The van der Waals surface area contributed by atoms with Gasteiger partial charge in [-0.2, -0.15) is 13.2 Å². The van der Waals surface area contributed by atoms with Gasteiger partial charge in [0.05, 0.1) is 11.8 Å². The molecule has 2 N–H and O–H groups in total. The van der Waals surface area contributed by atoms with Crippen LogP contribution in [0.25, 0.3) is 16.8 Å². The Balaban J connectivity index is 1.69. The van der Waals surface area contributed by atoms with E-state index in [0.29, 0.717) is 28.3 Å². The van der Waals surface area contributed by atoms with Crippen LogP contribution in [0.3, 0.4) is 0 Å². The first kappa shape index (κ1) is 17.6. The number of hydrogen-bond acceptors (Lipinski definition) is 3. The number of nitrogens with zero attached hydrogens (tertiary/aromatic N) is 3. The maximum atomic E-state index is 12.7. The zero-order valence-corrected chi connectivity index (χ0v) is 14.4. The molecule has 0 amide bonds. The van der Waals surface area contributed by atoms with Crippen molar-refractivity contribution < 1.29 is 13.2 Å². The van der Waals surface area contributed by atoms with Gasteiger partial charge >= 0.3 is 6.18 Å². The first-order chi connectivity index (χ1) is 13.4. The van der Waals surface area contributed by atoms with Crippen LogP contribution < -0.4 is 5.73 Å². The predicted octanol–water partition coefficient (Wildman–Crippen LogP) is 4.40. The third kappa shape index (κ3) is 3.53. The van der Waals surface area contributed by atoms with Crippen LogP contribution in [-0.4, -0.2) is 14.4 Å². The minimum atomic E-state index is -4.35. The van der Waals surface area contributed by atoms with Crippen molar-refractivity contribution in [1.82, 2.24) is 14.4 Å². The number of nitrogen functional groups attached to an aromatic ring is 1. The summed E-state index contributed by atoms with van der Waals surface area (Å²) in [4.78, 5) is 8.29. The normalized spacial score (nSPS) is 11.2. The van der Waals surface area contributed by atoms with E-state index in [1.54, 1.807) is 41.2 Å². The predicted molar refractivity (Wildman–Crippen MR) is 100 cm³/mol. The van der Waals surface area contributed by atoms with Gasteiger partial charge in [-0.05, 0) is 53.4 Å². The number of rotatable bonds is 1. The molecular formula is C21H13F3N4. The Morgan fingerprint density at radius 1 is 0.821 bits per heavy atom. The zero-order chi connectivity index (χ0) is 19.7. The Morgan fingerprint density at radius 3 is 2.25 bits per heavy atom. The van der Waals surface area contributed by atoms with Crippen molar-refractivity contribution >= 4 is 11.5 Å².